The summed E-state index contributed by atoms with van der Waals surface area (Å²) in [5, 5.41) is 6.67. The van der Waals surface area contributed by atoms with Crippen LogP contribution >= 0.6 is 11.5 Å². The fourth-order valence-electron chi connectivity index (χ4n) is 3.55. The van der Waals surface area contributed by atoms with Crippen LogP contribution in [-0.2, 0) is 0 Å². The summed E-state index contributed by atoms with van der Waals surface area (Å²) in [6, 6.07) is 14.6. The smallest absolute Gasteiger partial charge is 0.276 e. The van der Waals surface area contributed by atoms with Crippen molar-refractivity contribution in [3.05, 3.63) is 71.4 Å². The zero-order valence-electron chi connectivity index (χ0n) is 16.1. The van der Waals surface area contributed by atoms with E-state index in [0.29, 0.717) is 23.5 Å². The highest BCUT2D eigenvalue weighted by Gasteiger charge is 2.15. The summed E-state index contributed by atoms with van der Waals surface area (Å²) in [7, 11) is 0. The van der Waals surface area contributed by atoms with Gasteiger partial charge in [-0.1, -0.05) is 35.9 Å². The molecular formula is C23H23N3O2S. The summed E-state index contributed by atoms with van der Waals surface area (Å²) in [6.07, 6.45) is 8.01. The minimum absolute atomic E-state index is 0.128. The van der Waals surface area contributed by atoms with E-state index in [0.717, 1.165) is 29.3 Å². The molecule has 0 fully saturated rings. The first-order valence-electron chi connectivity index (χ1n) is 9.92. The van der Waals surface area contributed by atoms with E-state index in [2.05, 4.69) is 21.1 Å². The Morgan fingerprint density at radius 2 is 1.93 bits per heavy atom. The molecule has 2 aromatic carbocycles. The second-order valence-corrected chi connectivity index (χ2v) is 7.98. The maximum Gasteiger partial charge on any atom is 0.276 e. The quantitative estimate of drug-likeness (QED) is 0.556. The Morgan fingerprint density at radius 3 is 2.79 bits per heavy atom. The fourth-order valence-corrected chi connectivity index (χ4v) is 4.32. The second kappa shape index (κ2) is 9.01. The van der Waals surface area contributed by atoms with Crippen LogP contribution in [0.15, 0.2) is 60.2 Å². The third-order valence-corrected chi connectivity index (χ3v) is 5.92. The van der Waals surface area contributed by atoms with E-state index in [1.165, 1.54) is 29.9 Å². The highest BCUT2D eigenvalue weighted by Crippen LogP contribution is 2.23. The van der Waals surface area contributed by atoms with Crippen molar-refractivity contribution in [2.75, 3.05) is 11.9 Å². The van der Waals surface area contributed by atoms with E-state index >= 15 is 0 Å². The Labute approximate surface area is 174 Å². The molecule has 148 valence electrons. The topological polar surface area (TPSA) is 71.1 Å². The molecule has 0 unspecified atom stereocenters. The van der Waals surface area contributed by atoms with Crippen molar-refractivity contribution in [3.8, 4) is 0 Å². The highest BCUT2D eigenvalue weighted by molar-refractivity contribution is 7.13. The van der Waals surface area contributed by atoms with Gasteiger partial charge in [0.15, 0.2) is 0 Å². The number of nitrogens with one attached hydrogen (secondary N) is 2. The van der Waals surface area contributed by atoms with Crippen LogP contribution in [0.3, 0.4) is 0 Å². The van der Waals surface area contributed by atoms with Crippen LogP contribution in [0.5, 0.6) is 0 Å². The van der Waals surface area contributed by atoms with Gasteiger partial charge in [0.25, 0.3) is 11.8 Å². The molecule has 4 rings (SSSR count). The molecule has 29 heavy (non-hydrogen) atoms. The molecule has 6 heteroatoms. The summed E-state index contributed by atoms with van der Waals surface area (Å²) in [6.45, 7) is 0.631. The average Bonchev–Trinajstić information content (AvgIpc) is 3.19. The third-order valence-electron chi connectivity index (χ3n) is 5.09. The largest absolute Gasteiger partial charge is 0.352 e. The van der Waals surface area contributed by atoms with Gasteiger partial charge in [-0.25, -0.2) is 0 Å². The molecule has 1 aliphatic carbocycles. The molecule has 0 saturated heterocycles. The lowest BCUT2D eigenvalue weighted by Gasteiger charge is -2.13. The van der Waals surface area contributed by atoms with Crippen LogP contribution < -0.4 is 10.6 Å². The van der Waals surface area contributed by atoms with Crippen molar-refractivity contribution in [3.63, 3.8) is 0 Å². The molecule has 1 aromatic heterocycles. The number of carbonyl (C=O) groups excluding carboxylic acids is 2. The first-order chi connectivity index (χ1) is 14.2. The number of nitrogens with zero attached hydrogens (tertiary/aromatic N) is 1. The van der Waals surface area contributed by atoms with Crippen molar-refractivity contribution in [2.24, 2.45) is 0 Å². The monoisotopic (exact) mass is 405 g/mol. The average molecular weight is 406 g/mol. The van der Waals surface area contributed by atoms with E-state index < -0.39 is 0 Å². The normalized spacial score (nSPS) is 13.7. The van der Waals surface area contributed by atoms with Gasteiger partial charge in [0, 0.05) is 23.2 Å². The maximum absolute atomic E-state index is 12.6. The molecule has 1 aliphatic rings. The number of carbonyl (C=O) groups is 2. The van der Waals surface area contributed by atoms with Crippen molar-refractivity contribution in [1.29, 1.82) is 0 Å². The fraction of sp³-hybridized carbons (Fsp3) is 0.261. The summed E-state index contributed by atoms with van der Waals surface area (Å²) < 4.78 is 5.25. The molecule has 0 spiro atoms. The zero-order valence-corrected chi connectivity index (χ0v) is 16.9. The van der Waals surface area contributed by atoms with Gasteiger partial charge in [0.05, 0.1) is 4.70 Å². The number of anilines is 1. The van der Waals surface area contributed by atoms with Gasteiger partial charge in [-0.2, -0.15) is 4.37 Å². The van der Waals surface area contributed by atoms with Crippen molar-refractivity contribution in [1.82, 2.24) is 9.69 Å². The maximum atomic E-state index is 12.6. The Kier molecular flexibility index (Phi) is 6.00. The Bertz CT molecular complexity index is 1070. The molecular weight excluding hydrogens is 382 g/mol. The Hall–Kier alpha value is -2.99. The molecule has 2 amide bonds. The summed E-state index contributed by atoms with van der Waals surface area (Å²) in [5.74, 6) is -0.402. The van der Waals surface area contributed by atoms with E-state index in [-0.39, 0.29) is 11.8 Å². The van der Waals surface area contributed by atoms with E-state index in [4.69, 9.17) is 0 Å². The van der Waals surface area contributed by atoms with Crippen LogP contribution in [0, 0.1) is 0 Å². The minimum Gasteiger partial charge on any atom is -0.352 e. The van der Waals surface area contributed by atoms with Crippen molar-refractivity contribution >= 4 is 39.1 Å². The van der Waals surface area contributed by atoms with Gasteiger partial charge in [-0.15, -0.1) is 0 Å². The van der Waals surface area contributed by atoms with E-state index in [1.54, 1.807) is 24.3 Å². The zero-order chi connectivity index (χ0) is 20.1. The molecule has 5 nitrogen and oxygen atoms in total. The molecule has 0 bridgehead atoms. The SMILES string of the molecule is O=C(NCCC1=CCCCC1)c1cccc(NC(=O)c2nsc3ccccc23)c1. The van der Waals surface area contributed by atoms with Crippen molar-refractivity contribution in [2.45, 2.75) is 32.1 Å². The van der Waals surface area contributed by atoms with Crippen LogP contribution in [-0.4, -0.2) is 22.7 Å². The number of aromatic nitrogens is 1. The molecule has 0 aliphatic heterocycles. The van der Waals surface area contributed by atoms with E-state index in [9.17, 15) is 9.59 Å². The van der Waals surface area contributed by atoms with Gasteiger partial charge in [0.2, 0.25) is 0 Å². The van der Waals surface area contributed by atoms with Gasteiger partial charge >= 0.3 is 0 Å². The first-order valence-corrected chi connectivity index (χ1v) is 10.7. The standard InChI is InChI=1S/C23H23N3O2S/c27-22(24-14-13-16-7-2-1-3-8-16)17-9-6-10-18(15-17)25-23(28)21-19-11-4-5-12-20(19)29-26-21/h4-7,9-12,15H,1-3,8,13-14H2,(H,24,27)(H,25,28). The molecule has 3 aromatic rings. The number of rotatable bonds is 6. The van der Waals surface area contributed by atoms with Crippen LogP contribution in [0.25, 0.3) is 10.1 Å². The van der Waals surface area contributed by atoms with Gasteiger partial charge < -0.3 is 10.6 Å². The van der Waals surface area contributed by atoms with Gasteiger partial charge in [0.1, 0.15) is 5.69 Å². The molecule has 2 N–H and O–H groups in total. The second-order valence-electron chi connectivity index (χ2n) is 7.18. The number of amides is 2. The Morgan fingerprint density at radius 1 is 1.03 bits per heavy atom. The summed E-state index contributed by atoms with van der Waals surface area (Å²) in [5.41, 5.74) is 2.95. The molecule has 0 radical (unpaired) electrons. The molecule has 0 atom stereocenters. The first kappa shape index (κ1) is 19.3. The van der Waals surface area contributed by atoms with Gasteiger partial charge in [-0.05, 0) is 67.9 Å². The summed E-state index contributed by atoms with van der Waals surface area (Å²) >= 11 is 1.30. The third kappa shape index (κ3) is 4.71. The number of hydrogen-bond acceptors (Lipinski definition) is 4. The predicted octanol–water partition coefficient (Wildman–Crippen LogP) is 5.17. The van der Waals surface area contributed by atoms with Gasteiger partial charge in [-0.3, -0.25) is 9.59 Å². The van der Waals surface area contributed by atoms with Crippen LogP contribution in [0.4, 0.5) is 5.69 Å². The highest BCUT2D eigenvalue weighted by atomic mass is 32.1. The number of fused-ring (bicyclic) bond motifs is 1. The number of benzene rings is 2. The number of hydrogen-bond donors (Lipinski definition) is 2. The lowest BCUT2D eigenvalue weighted by atomic mass is 9.97. The molecule has 0 saturated carbocycles. The van der Waals surface area contributed by atoms with E-state index in [1.807, 2.05) is 24.3 Å². The van der Waals surface area contributed by atoms with Crippen LogP contribution in [0.1, 0.15) is 53.0 Å². The lowest BCUT2D eigenvalue weighted by Crippen LogP contribution is -2.25. The molecule has 1 heterocycles. The van der Waals surface area contributed by atoms with Crippen LogP contribution in [0.2, 0.25) is 0 Å². The predicted molar refractivity (Wildman–Crippen MR) is 118 cm³/mol. The lowest BCUT2D eigenvalue weighted by molar-refractivity contribution is 0.0952. The number of allylic oxidation sites excluding steroid dienone is 1. The minimum atomic E-state index is -0.274. The summed E-state index contributed by atoms with van der Waals surface area (Å²) in [4.78, 5) is 25.1. The Balaban J connectivity index is 1.38. The van der Waals surface area contributed by atoms with Crippen molar-refractivity contribution < 1.29 is 9.59 Å².